The van der Waals surface area contributed by atoms with Gasteiger partial charge >= 0.3 is 0 Å². The monoisotopic (exact) mass is 253 g/mol. The maximum absolute atomic E-state index is 5.94. The molecule has 0 saturated heterocycles. The van der Waals surface area contributed by atoms with Crippen LogP contribution in [0.25, 0.3) is 10.8 Å². The fourth-order valence-electron chi connectivity index (χ4n) is 2.40. The third-order valence-corrected chi connectivity index (χ3v) is 3.66. The van der Waals surface area contributed by atoms with Crippen LogP contribution in [-0.2, 0) is 4.74 Å². The number of aryl methyl sites for hydroxylation is 1. The molecule has 1 aliphatic rings. The van der Waals surface area contributed by atoms with Gasteiger partial charge < -0.3 is 4.74 Å². The van der Waals surface area contributed by atoms with Crippen molar-refractivity contribution in [3.63, 3.8) is 0 Å². The van der Waals surface area contributed by atoms with Crippen LogP contribution in [0, 0.1) is 12.8 Å². The lowest BCUT2D eigenvalue weighted by molar-refractivity contribution is 0.172. The minimum Gasteiger partial charge on any atom is -0.472 e. The van der Waals surface area contributed by atoms with Gasteiger partial charge in [0.05, 0.1) is 6.54 Å². The fraction of sp³-hybridized carbons (Fsp3) is 0.353. The first-order valence-corrected chi connectivity index (χ1v) is 6.85. The van der Waals surface area contributed by atoms with Crippen LogP contribution in [-0.4, -0.2) is 18.5 Å². The molecule has 1 heterocycles. The van der Waals surface area contributed by atoms with Gasteiger partial charge in [-0.2, -0.15) is 0 Å². The normalized spacial score (nSPS) is 18.7. The number of aliphatic imine (C=N–C) groups is 1. The van der Waals surface area contributed by atoms with E-state index in [4.69, 9.17) is 4.74 Å². The first-order valence-electron chi connectivity index (χ1n) is 6.85. The Hall–Kier alpha value is -1.83. The number of benzene rings is 2. The highest BCUT2D eigenvalue weighted by molar-refractivity contribution is 5.99. The van der Waals surface area contributed by atoms with E-state index in [1.54, 1.807) is 0 Å². The molecule has 0 amide bonds. The summed E-state index contributed by atoms with van der Waals surface area (Å²) in [5.74, 6) is 1.30. The summed E-state index contributed by atoms with van der Waals surface area (Å²) in [6.45, 7) is 7.24. The molecule has 0 aromatic heterocycles. The van der Waals surface area contributed by atoms with E-state index in [1.807, 2.05) is 0 Å². The summed E-state index contributed by atoms with van der Waals surface area (Å²) in [5.41, 5.74) is 2.36. The van der Waals surface area contributed by atoms with Crippen LogP contribution >= 0.6 is 0 Å². The summed E-state index contributed by atoms with van der Waals surface area (Å²) in [5, 5.41) is 2.50. The van der Waals surface area contributed by atoms with Gasteiger partial charge in [0.1, 0.15) is 6.10 Å². The number of nitrogens with zero attached hydrogens (tertiary/aromatic N) is 1. The summed E-state index contributed by atoms with van der Waals surface area (Å²) in [6.07, 6.45) is 0.225. The predicted octanol–water partition coefficient (Wildman–Crippen LogP) is 3.95. The molecule has 3 rings (SSSR count). The molecule has 0 fully saturated rings. The highest BCUT2D eigenvalue weighted by Crippen LogP contribution is 2.22. The maximum atomic E-state index is 5.94. The van der Waals surface area contributed by atoms with E-state index in [2.05, 4.69) is 62.2 Å². The van der Waals surface area contributed by atoms with Gasteiger partial charge in [-0.25, -0.2) is 4.99 Å². The topological polar surface area (TPSA) is 21.6 Å². The molecule has 2 aromatic carbocycles. The number of rotatable bonds is 2. The highest BCUT2D eigenvalue weighted by Gasteiger charge is 2.23. The van der Waals surface area contributed by atoms with Crippen molar-refractivity contribution in [3.8, 4) is 0 Å². The minimum absolute atomic E-state index is 0.225. The highest BCUT2D eigenvalue weighted by atomic mass is 16.5. The number of hydrogen-bond acceptors (Lipinski definition) is 2. The molecule has 0 saturated carbocycles. The lowest BCUT2D eigenvalue weighted by Gasteiger charge is -2.14. The Balaban J connectivity index is 1.94. The van der Waals surface area contributed by atoms with Crippen LogP contribution in [0.5, 0.6) is 0 Å². The Morgan fingerprint density at radius 1 is 1.11 bits per heavy atom. The number of hydrogen-bond donors (Lipinski definition) is 0. The molecule has 2 heteroatoms. The summed E-state index contributed by atoms with van der Waals surface area (Å²) < 4.78 is 5.94. The molecule has 0 radical (unpaired) electrons. The summed E-state index contributed by atoms with van der Waals surface area (Å²) in [7, 11) is 0. The predicted molar refractivity (Wildman–Crippen MR) is 79.8 cm³/mol. The standard InChI is InChI=1S/C17H19NO/c1-11(2)16-10-18-17(19-16)14-7-6-13-5-4-12(3)8-15(13)9-14/h4-9,11,16H,10H2,1-3H3. The number of ether oxygens (including phenoxy) is 1. The van der Waals surface area contributed by atoms with Crippen LogP contribution in [0.15, 0.2) is 41.4 Å². The van der Waals surface area contributed by atoms with E-state index in [-0.39, 0.29) is 6.10 Å². The van der Waals surface area contributed by atoms with E-state index in [0.717, 1.165) is 18.0 Å². The molecule has 98 valence electrons. The van der Waals surface area contributed by atoms with E-state index in [9.17, 15) is 0 Å². The zero-order chi connectivity index (χ0) is 13.4. The molecule has 1 unspecified atom stereocenters. The van der Waals surface area contributed by atoms with Gasteiger partial charge in [0, 0.05) is 5.56 Å². The molecule has 0 aliphatic carbocycles. The summed E-state index contributed by atoms with van der Waals surface area (Å²) in [4.78, 5) is 4.53. The SMILES string of the molecule is Cc1ccc2ccc(C3=NCC(C(C)C)O3)cc2c1. The Morgan fingerprint density at radius 3 is 2.63 bits per heavy atom. The van der Waals surface area contributed by atoms with E-state index >= 15 is 0 Å². The molecular formula is C17H19NO. The van der Waals surface area contributed by atoms with Crippen LogP contribution in [0.1, 0.15) is 25.0 Å². The smallest absolute Gasteiger partial charge is 0.216 e. The largest absolute Gasteiger partial charge is 0.472 e. The van der Waals surface area contributed by atoms with Crippen molar-refractivity contribution in [2.24, 2.45) is 10.9 Å². The quantitative estimate of drug-likeness (QED) is 0.794. The van der Waals surface area contributed by atoms with E-state index in [1.165, 1.54) is 16.3 Å². The third kappa shape index (κ3) is 2.35. The molecule has 0 spiro atoms. The van der Waals surface area contributed by atoms with Crippen LogP contribution in [0.2, 0.25) is 0 Å². The van der Waals surface area contributed by atoms with Crippen LogP contribution < -0.4 is 0 Å². The van der Waals surface area contributed by atoms with Crippen molar-refractivity contribution in [3.05, 3.63) is 47.5 Å². The van der Waals surface area contributed by atoms with Crippen molar-refractivity contribution >= 4 is 16.7 Å². The van der Waals surface area contributed by atoms with Crippen molar-refractivity contribution in [1.29, 1.82) is 0 Å². The molecule has 1 aliphatic heterocycles. The lowest BCUT2D eigenvalue weighted by Crippen LogP contribution is -2.19. The van der Waals surface area contributed by atoms with Crippen molar-refractivity contribution in [1.82, 2.24) is 0 Å². The molecular weight excluding hydrogens is 234 g/mol. The average Bonchev–Trinajstić information content (AvgIpc) is 2.87. The van der Waals surface area contributed by atoms with Crippen molar-refractivity contribution in [2.75, 3.05) is 6.54 Å². The molecule has 0 N–H and O–H groups in total. The van der Waals surface area contributed by atoms with E-state index in [0.29, 0.717) is 5.92 Å². The molecule has 19 heavy (non-hydrogen) atoms. The average molecular weight is 253 g/mol. The lowest BCUT2D eigenvalue weighted by atomic mass is 10.0. The van der Waals surface area contributed by atoms with Crippen LogP contribution in [0.4, 0.5) is 0 Å². The zero-order valence-corrected chi connectivity index (χ0v) is 11.7. The minimum atomic E-state index is 0.225. The van der Waals surface area contributed by atoms with Crippen LogP contribution in [0.3, 0.4) is 0 Å². The van der Waals surface area contributed by atoms with Gasteiger partial charge in [0.25, 0.3) is 0 Å². The van der Waals surface area contributed by atoms with Gasteiger partial charge in [0.2, 0.25) is 5.90 Å². The summed E-state index contributed by atoms with van der Waals surface area (Å²) in [6, 6.07) is 12.9. The molecule has 1 atom stereocenters. The van der Waals surface area contributed by atoms with Crippen molar-refractivity contribution in [2.45, 2.75) is 26.9 Å². The molecule has 0 bridgehead atoms. The second-order valence-corrected chi connectivity index (χ2v) is 5.61. The number of fused-ring (bicyclic) bond motifs is 1. The van der Waals surface area contributed by atoms with Gasteiger partial charge in [-0.1, -0.05) is 43.7 Å². The third-order valence-electron chi connectivity index (χ3n) is 3.66. The van der Waals surface area contributed by atoms with Crippen molar-refractivity contribution < 1.29 is 4.74 Å². The fourth-order valence-corrected chi connectivity index (χ4v) is 2.40. The van der Waals surface area contributed by atoms with Gasteiger partial charge in [-0.05, 0) is 35.7 Å². The molecule has 2 nitrogen and oxygen atoms in total. The second-order valence-electron chi connectivity index (χ2n) is 5.61. The van der Waals surface area contributed by atoms with Gasteiger partial charge in [-0.15, -0.1) is 0 Å². The maximum Gasteiger partial charge on any atom is 0.216 e. The van der Waals surface area contributed by atoms with Gasteiger partial charge in [0.15, 0.2) is 0 Å². The van der Waals surface area contributed by atoms with E-state index < -0.39 is 0 Å². The summed E-state index contributed by atoms with van der Waals surface area (Å²) >= 11 is 0. The first-order chi connectivity index (χ1) is 9.13. The Kier molecular flexibility index (Phi) is 3.02. The second kappa shape index (κ2) is 4.69. The Bertz CT molecular complexity index is 643. The Morgan fingerprint density at radius 2 is 1.89 bits per heavy atom. The Labute approximate surface area is 114 Å². The van der Waals surface area contributed by atoms with Gasteiger partial charge in [-0.3, -0.25) is 0 Å². The zero-order valence-electron chi connectivity index (χ0n) is 11.7. The molecule has 2 aromatic rings. The first kappa shape index (κ1) is 12.2.